The smallest absolute Gasteiger partial charge is 0.407 e. The lowest BCUT2D eigenvalue weighted by atomic mass is 9.71. The minimum absolute atomic E-state index is 0.0502. The van der Waals surface area contributed by atoms with Crippen molar-refractivity contribution in [1.82, 2.24) is 10.6 Å². The van der Waals surface area contributed by atoms with Crippen molar-refractivity contribution in [2.24, 2.45) is 5.92 Å². The first-order valence-electron chi connectivity index (χ1n) is 7.79. The molecule has 4 unspecified atom stereocenters. The Kier molecular flexibility index (Phi) is 4.14. The van der Waals surface area contributed by atoms with E-state index in [1.165, 1.54) is 0 Å². The maximum Gasteiger partial charge on any atom is 0.407 e. The second-order valence-corrected chi connectivity index (χ2v) is 7.00. The number of ether oxygens (including phenoxy) is 2. The fourth-order valence-electron chi connectivity index (χ4n) is 3.22. The van der Waals surface area contributed by atoms with Gasteiger partial charge in [0.15, 0.2) is 0 Å². The number of hydrogen-bond donors (Lipinski definition) is 2. The van der Waals surface area contributed by atoms with Gasteiger partial charge in [-0.2, -0.15) is 0 Å². The Labute approximate surface area is 130 Å². The van der Waals surface area contributed by atoms with E-state index in [4.69, 9.17) is 13.9 Å². The summed E-state index contributed by atoms with van der Waals surface area (Å²) in [4.78, 5) is 12.0. The standard InChI is InChI=1S/C16H24N2O4/c1-16(2,3)22-15(19)18-12-11-5-7-21-14(11)13(12)17-8-10-4-6-20-9-10/h4,6,9,11-14,17H,5,7-8H2,1-3H3,(H,18,19). The molecule has 1 aliphatic carbocycles. The largest absolute Gasteiger partial charge is 0.472 e. The summed E-state index contributed by atoms with van der Waals surface area (Å²) in [6.07, 6.45) is 4.16. The quantitative estimate of drug-likeness (QED) is 0.890. The van der Waals surface area contributed by atoms with Crippen LogP contribution in [0.15, 0.2) is 23.0 Å². The van der Waals surface area contributed by atoms with E-state index in [-0.39, 0.29) is 24.3 Å². The first kappa shape index (κ1) is 15.4. The van der Waals surface area contributed by atoms with E-state index in [9.17, 15) is 4.79 Å². The summed E-state index contributed by atoms with van der Waals surface area (Å²) in [5.41, 5.74) is 0.594. The molecule has 2 aliphatic rings. The summed E-state index contributed by atoms with van der Waals surface area (Å²) in [5, 5.41) is 6.45. The molecule has 1 aromatic rings. The molecule has 0 bridgehead atoms. The van der Waals surface area contributed by atoms with Crippen molar-refractivity contribution >= 4 is 6.09 Å². The molecule has 1 aliphatic heterocycles. The predicted molar refractivity (Wildman–Crippen MR) is 80.3 cm³/mol. The summed E-state index contributed by atoms with van der Waals surface area (Å²) in [7, 11) is 0. The van der Waals surface area contributed by atoms with Crippen LogP contribution in [-0.2, 0) is 16.0 Å². The normalized spacial score (nSPS) is 30.5. The number of fused-ring (bicyclic) bond motifs is 1. The Bertz CT molecular complexity index is 509. The topological polar surface area (TPSA) is 72.7 Å². The van der Waals surface area contributed by atoms with Crippen molar-refractivity contribution in [3.05, 3.63) is 24.2 Å². The fourth-order valence-corrected chi connectivity index (χ4v) is 3.22. The lowest BCUT2D eigenvalue weighted by molar-refractivity contribution is -0.0344. The van der Waals surface area contributed by atoms with Gasteiger partial charge < -0.3 is 24.5 Å². The lowest BCUT2D eigenvalue weighted by Gasteiger charge is -2.48. The molecule has 2 heterocycles. The van der Waals surface area contributed by atoms with Gasteiger partial charge >= 0.3 is 6.09 Å². The van der Waals surface area contributed by atoms with Crippen LogP contribution in [0.2, 0.25) is 0 Å². The number of carbonyl (C=O) groups is 1. The Morgan fingerprint density at radius 1 is 1.41 bits per heavy atom. The third kappa shape index (κ3) is 3.28. The lowest BCUT2D eigenvalue weighted by Crippen LogP contribution is -2.70. The van der Waals surface area contributed by atoms with Crippen LogP contribution in [0, 0.1) is 5.92 Å². The average Bonchev–Trinajstić information content (AvgIpc) is 3.04. The maximum absolute atomic E-state index is 12.0. The molecular weight excluding hydrogens is 284 g/mol. The highest BCUT2D eigenvalue weighted by atomic mass is 16.6. The summed E-state index contributed by atoms with van der Waals surface area (Å²) >= 11 is 0. The van der Waals surface area contributed by atoms with Crippen molar-refractivity contribution in [2.45, 2.75) is 57.5 Å². The molecule has 122 valence electrons. The van der Waals surface area contributed by atoms with E-state index < -0.39 is 5.60 Å². The van der Waals surface area contributed by atoms with E-state index in [1.807, 2.05) is 26.8 Å². The van der Waals surface area contributed by atoms with Gasteiger partial charge in [0.05, 0.1) is 30.7 Å². The van der Waals surface area contributed by atoms with E-state index in [2.05, 4.69) is 10.6 Å². The number of furan rings is 1. The molecule has 3 rings (SSSR count). The van der Waals surface area contributed by atoms with Gasteiger partial charge in [0, 0.05) is 24.6 Å². The molecule has 6 heteroatoms. The Hall–Kier alpha value is -1.53. The van der Waals surface area contributed by atoms with Crippen LogP contribution in [0.3, 0.4) is 0 Å². The summed E-state index contributed by atoms with van der Waals surface area (Å²) in [6.45, 7) is 7.04. The molecule has 1 saturated carbocycles. The zero-order chi connectivity index (χ0) is 15.7. The van der Waals surface area contributed by atoms with Crippen molar-refractivity contribution in [3.8, 4) is 0 Å². The molecule has 2 fully saturated rings. The first-order chi connectivity index (χ1) is 10.4. The second kappa shape index (κ2) is 5.93. The van der Waals surface area contributed by atoms with Crippen LogP contribution in [0.1, 0.15) is 32.8 Å². The molecule has 1 aromatic heterocycles. The number of rotatable bonds is 4. The number of amides is 1. The SMILES string of the molecule is CC(C)(C)OC(=O)NC1C2CCOC2C1NCc1ccoc1. The highest BCUT2D eigenvalue weighted by molar-refractivity contribution is 5.68. The molecule has 1 amide bonds. The Morgan fingerprint density at radius 2 is 2.23 bits per heavy atom. The van der Waals surface area contributed by atoms with E-state index >= 15 is 0 Å². The number of carbonyl (C=O) groups excluding carboxylic acids is 1. The predicted octanol–water partition coefficient (Wildman–Crippen LogP) is 2.05. The van der Waals surface area contributed by atoms with Gasteiger partial charge in [-0.25, -0.2) is 4.79 Å². The molecular formula is C16H24N2O4. The van der Waals surface area contributed by atoms with Gasteiger partial charge in [-0.3, -0.25) is 0 Å². The van der Waals surface area contributed by atoms with Gasteiger partial charge in [0.2, 0.25) is 0 Å². The zero-order valence-corrected chi connectivity index (χ0v) is 13.3. The van der Waals surface area contributed by atoms with Crippen LogP contribution in [0.25, 0.3) is 0 Å². The van der Waals surface area contributed by atoms with Crippen LogP contribution >= 0.6 is 0 Å². The third-order valence-corrected chi connectivity index (χ3v) is 4.19. The van der Waals surface area contributed by atoms with E-state index in [0.29, 0.717) is 12.5 Å². The molecule has 0 spiro atoms. The molecule has 6 nitrogen and oxygen atoms in total. The Morgan fingerprint density at radius 3 is 2.91 bits per heavy atom. The van der Waals surface area contributed by atoms with Crippen LogP contribution in [0.5, 0.6) is 0 Å². The molecule has 4 atom stereocenters. The number of alkyl carbamates (subject to hydrolysis) is 1. The van der Waals surface area contributed by atoms with E-state index in [1.54, 1.807) is 12.5 Å². The van der Waals surface area contributed by atoms with Gasteiger partial charge in [0.25, 0.3) is 0 Å². The molecule has 2 N–H and O–H groups in total. The highest BCUT2D eigenvalue weighted by Gasteiger charge is 2.54. The van der Waals surface area contributed by atoms with Crippen molar-refractivity contribution < 1.29 is 18.7 Å². The molecule has 22 heavy (non-hydrogen) atoms. The first-order valence-corrected chi connectivity index (χ1v) is 7.79. The Balaban J connectivity index is 1.57. The average molecular weight is 308 g/mol. The van der Waals surface area contributed by atoms with Gasteiger partial charge in [-0.1, -0.05) is 0 Å². The summed E-state index contributed by atoms with van der Waals surface area (Å²) in [6, 6.07) is 2.08. The minimum atomic E-state index is -0.487. The highest BCUT2D eigenvalue weighted by Crippen LogP contribution is 2.39. The number of hydrogen-bond acceptors (Lipinski definition) is 5. The summed E-state index contributed by atoms with van der Waals surface area (Å²) < 4.78 is 16.2. The van der Waals surface area contributed by atoms with Crippen molar-refractivity contribution in [3.63, 3.8) is 0 Å². The maximum atomic E-state index is 12.0. The molecule has 1 saturated heterocycles. The minimum Gasteiger partial charge on any atom is -0.472 e. The third-order valence-electron chi connectivity index (χ3n) is 4.19. The van der Waals surface area contributed by atoms with Crippen LogP contribution in [0.4, 0.5) is 4.79 Å². The molecule has 0 radical (unpaired) electrons. The molecule has 0 aromatic carbocycles. The van der Waals surface area contributed by atoms with Crippen molar-refractivity contribution in [1.29, 1.82) is 0 Å². The summed E-state index contributed by atoms with van der Waals surface area (Å²) in [5.74, 6) is 0.370. The monoisotopic (exact) mass is 308 g/mol. The fraction of sp³-hybridized carbons (Fsp3) is 0.688. The van der Waals surface area contributed by atoms with Crippen LogP contribution < -0.4 is 10.6 Å². The zero-order valence-electron chi connectivity index (χ0n) is 13.3. The van der Waals surface area contributed by atoms with E-state index in [0.717, 1.165) is 18.6 Å². The van der Waals surface area contributed by atoms with Gasteiger partial charge in [-0.05, 0) is 33.3 Å². The number of nitrogens with one attached hydrogen (secondary N) is 2. The second-order valence-electron chi connectivity index (χ2n) is 7.00. The van der Waals surface area contributed by atoms with Crippen LogP contribution in [-0.4, -0.2) is 36.5 Å². The van der Waals surface area contributed by atoms with Gasteiger partial charge in [0.1, 0.15) is 5.60 Å². The van der Waals surface area contributed by atoms with Crippen molar-refractivity contribution in [2.75, 3.05) is 6.61 Å². The van der Waals surface area contributed by atoms with Gasteiger partial charge in [-0.15, -0.1) is 0 Å².